The molecule has 0 N–H and O–H groups in total. The zero-order chi connectivity index (χ0) is 20.5. The lowest BCUT2D eigenvalue weighted by Gasteiger charge is -2.27. The Hall–Kier alpha value is -1.78. The lowest BCUT2D eigenvalue weighted by molar-refractivity contribution is -0.149. The van der Waals surface area contributed by atoms with Crippen LogP contribution in [-0.2, 0) is 22.4 Å². The summed E-state index contributed by atoms with van der Waals surface area (Å²) in [5.74, 6) is -0.752. The van der Waals surface area contributed by atoms with E-state index in [2.05, 4.69) is 34.8 Å². The second-order valence-electron chi connectivity index (χ2n) is 8.25. The molecule has 0 spiro atoms. The summed E-state index contributed by atoms with van der Waals surface area (Å²) in [6.45, 7) is 9.77. The molecule has 1 saturated heterocycles. The van der Waals surface area contributed by atoms with E-state index in [4.69, 9.17) is 9.47 Å². The predicted octanol–water partition coefficient (Wildman–Crippen LogP) is 4.09. The van der Waals surface area contributed by atoms with Crippen molar-refractivity contribution in [2.75, 3.05) is 19.8 Å². The molecule has 0 bridgehead atoms. The van der Waals surface area contributed by atoms with Crippen LogP contribution in [0.1, 0.15) is 23.0 Å². The lowest BCUT2D eigenvalue weighted by Crippen LogP contribution is -2.26. The largest absolute Gasteiger partial charge is 0.451 e. The highest BCUT2D eigenvalue weighted by Gasteiger charge is 2.39. The normalized spacial score (nSPS) is 15.7. The first-order chi connectivity index (χ1) is 13.1. The Morgan fingerprint density at radius 2 is 1.96 bits per heavy atom. The van der Waals surface area contributed by atoms with Crippen LogP contribution in [0.3, 0.4) is 0 Å². The molecular weight excluding hydrogens is 389 g/mol. The molecule has 0 saturated carbocycles. The fourth-order valence-corrected chi connectivity index (χ4v) is 3.64. The molecule has 2 aromatic heterocycles. The van der Waals surface area contributed by atoms with Crippen LogP contribution in [0.15, 0.2) is 12.3 Å². The predicted molar refractivity (Wildman–Crippen MR) is 101 cm³/mol. The van der Waals surface area contributed by atoms with Gasteiger partial charge in [-0.05, 0) is 24.6 Å². The number of halogens is 3. The molecule has 154 valence electrons. The highest BCUT2D eigenvalue weighted by Crippen LogP contribution is 2.33. The molecule has 6 nitrogen and oxygen atoms in total. The summed E-state index contributed by atoms with van der Waals surface area (Å²) in [5, 5.41) is 7.19. The molecule has 0 amide bonds. The molecule has 1 aliphatic rings. The maximum absolute atomic E-state index is 13.4. The smallest absolute Gasteiger partial charge is 0.380 e. The topological polar surface area (TPSA) is 62.1 Å². The van der Waals surface area contributed by atoms with E-state index in [1.807, 2.05) is 13.0 Å². The molecule has 3 rings (SSSR count). The van der Waals surface area contributed by atoms with Gasteiger partial charge in [0.25, 0.3) is 0 Å². The van der Waals surface area contributed by atoms with Crippen LogP contribution < -0.4 is 0 Å². The minimum atomic E-state index is -4.61. The number of aryl methyl sites for hydroxylation is 1. The monoisotopic (exact) mass is 414 g/mol. The summed E-state index contributed by atoms with van der Waals surface area (Å²) in [7, 11) is -1.34. The van der Waals surface area contributed by atoms with Crippen LogP contribution >= 0.6 is 0 Å². The molecule has 0 aromatic carbocycles. The third-order valence-electron chi connectivity index (χ3n) is 4.68. The van der Waals surface area contributed by atoms with Gasteiger partial charge < -0.3 is 9.47 Å². The van der Waals surface area contributed by atoms with E-state index in [1.165, 1.54) is 6.20 Å². The minimum Gasteiger partial charge on any atom is -0.380 e. The van der Waals surface area contributed by atoms with E-state index < -0.39 is 20.1 Å². The fourth-order valence-electron chi connectivity index (χ4n) is 2.88. The maximum Gasteiger partial charge on any atom is 0.451 e. The Morgan fingerprint density at radius 1 is 1.25 bits per heavy atom. The van der Waals surface area contributed by atoms with Crippen molar-refractivity contribution < 1.29 is 22.6 Å². The molecule has 0 radical (unpaired) electrons. The second kappa shape index (κ2) is 7.92. The molecule has 1 fully saturated rings. The molecule has 1 aliphatic heterocycles. The molecule has 28 heavy (non-hydrogen) atoms. The number of aromatic nitrogens is 4. The second-order valence-corrected chi connectivity index (χ2v) is 13.9. The first-order valence-electron chi connectivity index (χ1n) is 9.19. The van der Waals surface area contributed by atoms with Crippen molar-refractivity contribution in [1.29, 1.82) is 0 Å². The third kappa shape index (κ3) is 4.79. The van der Waals surface area contributed by atoms with Crippen LogP contribution in [0.5, 0.6) is 0 Å². The van der Waals surface area contributed by atoms with Crippen LogP contribution in [0.25, 0.3) is 11.4 Å². The Kier molecular flexibility index (Phi) is 5.92. The van der Waals surface area contributed by atoms with Gasteiger partial charge in [0.1, 0.15) is 6.73 Å². The Bertz CT molecular complexity index is 829. The Morgan fingerprint density at radius 3 is 2.54 bits per heavy atom. The standard InChI is InChI=1S/C18H25F3N4O2Si/c1-12-15(14-9-27-10-14)7-13(8-22-12)16-23-24-17(18(19,20)21)25(16)11-26-5-6-28(2,3)4/h7-8,14H,5-6,9-11H2,1-4H3. The first-order valence-corrected chi connectivity index (χ1v) is 12.9. The average molecular weight is 415 g/mol. The van der Waals surface area contributed by atoms with Crippen molar-refractivity contribution in [1.82, 2.24) is 19.7 Å². The Labute approximate surface area is 163 Å². The van der Waals surface area contributed by atoms with E-state index in [9.17, 15) is 13.2 Å². The number of hydrogen-bond acceptors (Lipinski definition) is 5. The molecule has 2 aromatic rings. The first kappa shape index (κ1) is 20.9. The van der Waals surface area contributed by atoms with Crippen molar-refractivity contribution >= 4 is 8.07 Å². The van der Waals surface area contributed by atoms with Crippen LogP contribution in [0, 0.1) is 6.92 Å². The van der Waals surface area contributed by atoms with Gasteiger partial charge in [0.15, 0.2) is 5.82 Å². The number of ether oxygens (including phenoxy) is 2. The number of alkyl halides is 3. The van der Waals surface area contributed by atoms with Gasteiger partial charge in [-0.15, -0.1) is 10.2 Å². The summed E-state index contributed by atoms with van der Waals surface area (Å²) in [5.41, 5.74) is 2.29. The van der Waals surface area contributed by atoms with Crippen molar-refractivity contribution in [2.24, 2.45) is 0 Å². The number of pyridine rings is 1. The Balaban J connectivity index is 1.89. The summed E-state index contributed by atoms with van der Waals surface area (Å²) in [6.07, 6.45) is -3.09. The van der Waals surface area contributed by atoms with E-state index in [1.54, 1.807) is 0 Å². The fraction of sp³-hybridized carbons (Fsp3) is 0.611. The minimum absolute atomic E-state index is 0.106. The van der Waals surface area contributed by atoms with Crippen molar-refractivity contribution in [2.45, 2.75) is 51.4 Å². The molecule has 0 atom stereocenters. The number of nitrogens with zero attached hydrogens (tertiary/aromatic N) is 4. The quantitative estimate of drug-likeness (QED) is 0.504. The summed E-state index contributed by atoms with van der Waals surface area (Å²) < 4.78 is 52.0. The van der Waals surface area contributed by atoms with Gasteiger partial charge in [-0.3, -0.25) is 9.55 Å². The highest BCUT2D eigenvalue weighted by atomic mass is 28.3. The summed E-state index contributed by atoms with van der Waals surface area (Å²) >= 11 is 0. The van der Waals surface area contributed by atoms with E-state index >= 15 is 0 Å². The van der Waals surface area contributed by atoms with E-state index in [0.29, 0.717) is 25.4 Å². The molecule has 0 unspecified atom stereocenters. The van der Waals surface area contributed by atoms with Gasteiger partial charge >= 0.3 is 6.18 Å². The van der Waals surface area contributed by atoms with Gasteiger partial charge in [-0.1, -0.05) is 19.6 Å². The van der Waals surface area contributed by atoms with Crippen LogP contribution in [0.2, 0.25) is 25.7 Å². The SMILES string of the molecule is Cc1ncc(-c2nnc(C(F)(F)F)n2COCC[Si](C)(C)C)cc1C1COC1. The molecule has 10 heteroatoms. The molecular formula is C18H25F3N4O2Si. The zero-order valence-electron chi connectivity index (χ0n) is 16.5. The van der Waals surface area contributed by atoms with Crippen LogP contribution in [-0.4, -0.2) is 47.6 Å². The van der Waals surface area contributed by atoms with Crippen molar-refractivity contribution in [3.05, 3.63) is 29.3 Å². The van der Waals surface area contributed by atoms with Gasteiger partial charge in [0.05, 0.1) is 13.2 Å². The zero-order valence-corrected chi connectivity index (χ0v) is 17.5. The summed E-state index contributed by atoms with van der Waals surface area (Å²) in [6, 6.07) is 2.70. The molecule has 3 heterocycles. The third-order valence-corrected chi connectivity index (χ3v) is 6.39. The van der Waals surface area contributed by atoms with Gasteiger partial charge in [-0.25, -0.2) is 0 Å². The highest BCUT2D eigenvalue weighted by molar-refractivity contribution is 6.76. The maximum atomic E-state index is 13.4. The molecule has 0 aliphatic carbocycles. The van der Waals surface area contributed by atoms with Crippen LogP contribution in [0.4, 0.5) is 13.2 Å². The average Bonchev–Trinajstić information content (AvgIpc) is 2.95. The van der Waals surface area contributed by atoms with Crippen molar-refractivity contribution in [3.8, 4) is 11.4 Å². The van der Waals surface area contributed by atoms with Crippen molar-refractivity contribution in [3.63, 3.8) is 0 Å². The summed E-state index contributed by atoms with van der Waals surface area (Å²) in [4.78, 5) is 4.35. The van der Waals surface area contributed by atoms with E-state index in [0.717, 1.165) is 21.9 Å². The number of hydrogen-bond donors (Lipinski definition) is 0. The van der Waals surface area contributed by atoms with Gasteiger partial charge in [0.2, 0.25) is 5.82 Å². The van der Waals surface area contributed by atoms with Gasteiger partial charge in [0, 0.05) is 38.1 Å². The van der Waals surface area contributed by atoms with E-state index in [-0.39, 0.29) is 18.5 Å². The van der Waals surface area contributed by atoms with Gasteiger partial charge in [-0.2, -0.15) is 13.2 Å². The number of rotatable bonds is 7. The lowest BCUT2D eigenvalue weighted by atomic mass is 9.95.